The molecule has 0 N–H and O–H groups in total. The molecule has 0 spiro atoms. The first-order valence-electron chi connectivity index (χ1n) is 11.2. The van der Waals surface area contributed by atoms with Crippen LogP contribution in [0.15, 0.2) is 85.5 Å². The molecule has 0 aliphatic heterocycles. The fourth-order valence-electron chi connectivity index (χ4n) is 3.91. The molecule has 0 bridgehead atoms. The van der Waals surface area contributed by atoms with Gasteiger partial charge in [0.05, 0.1) is 0 Å². The summed E-state index contributed by atoms with van der Waals surface area (Å²) in [4.78, 5) is 0. The van der Waals surface area contributed by atoms with Gasteiger partial charge < -0.3 is 0 Å². The number of benzene rings is 2. The van der Waals surface area contributed by atoms with Gasteiger partial charge in [-0.1, -0.05) is 92.2 Å². The van der Waals surface area contributed by atoms with Crippen LogP contribution >= 0.6 is 0 Å². The standard InChI is InChI=1S/C28H38/c1-3-4-11-21-27(28-23-16-10-17-24-28)22-13-8-6-5-7-12-18-25(2)26-19-14-9-15-20-26/h3,6,8-10,14-17,19-20,23-25,27H,1,4-5,7,11-13,18,21-22H2,2H3. The average molecular weight is 375 g/mol. The third-order valence-corrected chi connectivity index (χ3v) is 5.71. The molecule has 0 aliphatic carbocycles. The minimum absolute atomic E-state index is 0.673. The van der Waals surface area contributed by atoms with Crippen LogP contribution in [0.2, 0.25) is 0 Å². The molecular formula is C28H38. The van der Waals surface area contributed by atoms with Gasteiger partial charge in [-0.2, -0.15) is 0 Å². The maximum absolute atomic E-state index is 3.86. The van der Waals surface area contributed by atoms with Crippen molar-refractivity contribution in [2.24, 2.45) is 0 Å². The van der Waals surface area contributed by atoms with Gasteiger partial charge in [0.15, 0.2) is 0 Å². The summed E-state index contributed by atoms with van der Waals surface area (Å²) < 4.78 is 0. The van der Waals surface area contributed by atoms with Crippen molar-refractivity contribution in [1.82, 2.24) is 0 Å². The maximum atomic E-state index is 3.86. The van der Waals surface area contributed by atoms with E-state index in [-0.39, 0.29) is 0 Å². The molecule has 0 saturated carbocycles. The topological polar surface area (TPSA) is 0 Å². The Balaban J connectivity index is 1.63. The molecule has 0 heteroatoms. The zero-order valence-corrected chi connectivity index (χ0v) is 17.7. The van der Waals surface area contributed by atoms with E-state index >= 15 is 0 Å². The van der Waals surface area contributed by atoms with E-state index in [0.717, 1.165) is 6.42 Å². The molecule has 0 aromatic heterocycles. The lowest BCUT2D eigenvalue weighted by molar-refractivity contribution is 0.560. The van der Waals surface area contributed by atoms with Crippen molar-refractivity contribution in [3.05, 3.63) is 96.6 Å². The molecule has 0 nitrogen and oxygen atoms in total. The number of hydrogen-bond donors (Lipinski definition) is 0. The van der Waals surface area contributed by atoms with Crippen LogP contribution in [0.4, 0.5) is 0 Å². The van der Waals surface area contributed by atoms with Crippen LogP contribution in [0, 0.1) is 0 Å². The molecule has 0 fully saturated rings. The molecular weight excluding hydrogens is 336 g/mol. The molecule has 0 aliphatic rings. The fraction of sp³-hybridized carbons (Fsp3) is 0.429. The molecule has 2 rings (SSSR count). The van der Waals surface area contributed by atoms with Crippen LogP contribution in [0.5, 0.6) is 0 Å². The van der Waals surface area contributed by atoms with Crippen molar-refractivity contribution in [2.45, 2.75) is 76.5 Å². The quantitative estimate of drug-likeness (QED) is 0.229. The minimum Gasteiger partial charge on any atom is -0.103 e. The van der Waals surface area contributed by atoms with Gasteiger partial charge in [-0.15, -0.1) is 6.58 Å². The highest BCUT2D eigenvalue weighted by atomic mass is 14.1. The lowest BCUT2D eigenvalue weighted by Gasteiger charge is -2.16. The van der Waals surface area contributed by atoms with Gasteiger partial charge in [0.1, 0.15) is 0 Å². The smallest absolute Gasteiger partial charge is 0.0159 e. The second-order valence-electron chi connectivity index (χ2n) is 7.97. The van der Waals surface area contributed by atoms with Gasteiger partial charge in [0, 0.05) is 0 Å². The van der Waals surface area contributed by atoms with Crippen molar-refractivity contribution < 1.29 is 0 Å². The van der Waals surface area contributed by atoms with E-state index in [2.05, 4.69) is 86.3 Å². The summed E-state index contributed by atoms with van der Waals surface area (Å²) in [6.07, 6.45) is 18.0. The van der Waals surface area contributed by atoms with Gasteiger partial charge in [-0.3, -0.25) is 0 Å². The fourth-order valence-corrected chi connectivity index (χ4v) is 3.91. The van der Waals surface area contributed by atoms with E-state index in [1.807, 2.05) is 6.08 Å². The Morgan fingerprint density at radius 3 is 2.00 bits per heavy atom. The Morgan fingerprint density at radius 2 is 1.32 bits per heavy atom. The van der Waals surface area contributed by atoms with Gasteiger partial charge in [-0.05, 0) is 74.3 Å². The van der Waals surface area contributed by atoms with Crippen LogP contribution in [0.3, 0.4) is 0 Å². The SMILES string of the molecule is C=CCCCC(CCC=CCCCCC(C)c1ccccc1)c1ccccc1. The van der Waals surface area contributed by atoms with E-state index in [9.17, 15) is 0 Å². The first-order chi connectivity index (χ1) is 13.8. The molecule has 2 aromatic rings. The summed E-state index contributed by atoms with van der Waals surface area (Å²) in [6.45, 7) is 6.21. The number of hydrogen-bond acceptors (Lipinski definition) is 0. The Morgan fingerprint density at radius 1 is 0.679 bits per heavy atom. The molecule has 2 unspecified atom stereocenters. The van der Waals surface area contributed by atoms with E-state index in [1.54, 1.807) is 0 Å². The van der Waals surface area contributed by atoms with Crippen LogP contribution in [0.1, 0.15) is 87.7 Å². The summed E-state index contributed by atoms with van der Waals surface area (Å²) in [6, 6.07) is 21.9. The zero-order chi connectivity index (χ0) is 19.9. The predicted octanol–water partition coefficient (Wildman–Crippen LogP) is 8.83. The third-order valence-electron chi connectivity index (χ3n) is 5.71. The van der Waals surface area contributed by atoms with E-state index in [0.29, 0.717) is 11.8 Å². The molecule has 0 saturated heterocycles. The lowest BCUT2D eigenvalue weighted by Crippen LogP contribution is -1.98. The monoisotopic (exact) mass is 374 g/mol. The summed E-state index contributed by atoms with van der Waals surface area (Å²) in [5.74, 6) is 1.35. The van der Waals surface area contributed by atoms with Gasteiger partial charge in [0.25, 0.3) is 0 Å². The third kappa shape index (κ3) is 8.74. The number of rotatable bonds is 14. The Labute approximate surface area is 173 Å². The van der Waals surface area contributed by atoms with Crippen LogP contribution in [-0.4, -0.2) is 0 Å². The van der Waals surface area contributed by atoms with Crippen molar-refractivity contribution in [3.8, 4) is 0 Å². The van der Waals surface area contributed by atoms with Gasteiger partial charge >= 0.3 is 0 Å². The van der Waals surface area contributed by atoms with Crippen LogP contribution in [-0.2, 0) is 0 Å². The highest BCUT2D eigenvalue weighted by molar-refractivity contribution is 5.20. The lowest BCUT2D eigenvalue weighted by atomic mass is 9.89. The largest absolute Gasteiger partial charge is 0.103 e. The number of unbranched alkanes of at least 4 members (excludes halogenated alkanes) is 3. The zero-order valence-electron chi connectivity index (χ0n) is 17.7. The Kier molecular flexibility index (Phi) is 11.1. The van der Waals surface area contributed by atoms with Gasteiger partial charge in [-0.25, -0.2) is 0 Å². The van der Waals surface area contributed by atoms with Crippen molar-refractivity contribution in [3.63, 3.8) is 0 Å². The molecule has 28 heavy (non-hydrogen) atoms. The van der Waals surface area contributed by atoms with E-state index in [4.69, 9.17) is 0 Å². The molecule has 0 radical (unpaired) electrons. The molecule has 0 amide bonds. The van der Waals surface area contributed by atoms with Crippen molar-refractivity contribution in [1.29, 1.82) is 0 Å². The second-order valence-corrected chi connectivity index (χ2v) is 7.97. The maximum Gasteiger partial charge on any atom is -0.0159 e. The summed E-state index contributed by atoms with van der Waals surface area (Å²) >= 11 is 0. The Bertz CT molecular complexity index is 653. The molecule has 2 atom stereocenters. The minimum atomic E-state index is 0.673. The molecule has 0 heterocycles. The first-order valence-corrected chi connectivity index (χ1v) is 11.2. The average Bonchev–Trinajstić information content (AvgIpc) is 2.75. The Hall–Kier alpha value is -2.08. The molecule has 150 valence electrons. The van der Waals surface area contributed by atoms with E-state index < -0.39 is 0 Å². The highest BCUT2D eigenvalue weighted by Gasteiger charge is 2.09. The van der Waals surface area contributed by atoms with Crippen LogP contribution < -0.4 is 0 Å². The first kappa shape index (κ1) is 22.2. The van der Waals surface area contributed by atoms with Crippen molar-refractivity contribution in [2.75, 3.05) is 0 Å². The summed E-state index contributed by atoms with van der Waals surface area (Å²) in [5, 5.41) is 0. The van der Waals surface area contributed by atoms with Crippen LogP contribution in [0.25, 0.3) is 0 Å². The van der Waals surface area contributed by atoms with Crippen molar-refractivity contribution >= 4 is 0 Å². The normalized spacial score (nSPS) is 13.5. The van der Waals surface area contributed by atoms with E-state index in [1.165, 1.54) is 62.5 Å². The summed E-state index contributed by atoms with van der Waals surface area (Å²) in [5.41, 5.74) is 2.97. The second kappa shape index (κ2) is 14.0. The predicted molar refractivity (Wildman–Crippen MR) is 125 cm³/mol. The number of allylic oxidation sites excluding steroid dienone is 3. The van der Waals surface area contributed by atoms with Gasteiger partial charge in [0.2, 0.25) is 0 Å². The highest BCUT2D eigenvalue weighted by Crippen LogP contribution is 2.27. The summed E-state index contributed by atoms with van der Waals surface area (Å²) in [7, 11) is 0. The molecule has 2 aromatic carbocycles.